The monoisotopic (exact) mass is 485 g/mol. The third kappa shape index (κ3) is 3.52. The molecular formula is C18H14F2IN3OS. The molecule has 0 spiro atoms. The zero-order valence-electron chi connectivity index (χ0n) is 13.5. The normalized spacial score (nSPS) is 13.8. The number of halogens is 3. The van der Waals surface area contributed by atoms with Crippen LogP contribution in [-0.4, -0.2) is 17.4 Å². The molecule has 4 nitrogen and oxygen atoms in total. The average Bonchev–Trinajstić information content (AvgIpc) is 3.32. The number of amides is 1. The maximum absolute atomic E-state index is 15.0. The standard InChI is InChI=1S/C18H14F2IN3OS/c19-12-5-10(21)3-4-13(12)24-16-11(18(25)22-7-9-1-2-9)6-14-17(15(16)20)23-8-26-14/h3-6,8-9,24H,1-2,7H2,(H,22,25). The summed E-state index contributed by atoms with van der Waals surface area (Å²) >= 11 is 3.25. The van der Waals surface area contributed by atoms with E-state index in [1.54, 1.807) is 12.1 Å². The van der Waals surface area contributed by atoms with E-state index in [0.29, 0.717) is 17.2 Å². The maximum atomic E-state index is 15.0. The summed E-state index contributed by atoms with van der Waals surface area (Å²) in [5.74, 6) is -1.04. The largest absolute Gasteiger partial charge is 0.352 e. The second kappa shape index (κ2) is 7.07. The number of hydrogen-bond donors (Lipinski definition) is 2. The van der Waals surface area contributed by atoms with Gasteiger partial charge in [-0.15, -0.1) is 11.3 Å². The van der Waals surface area contributed by atoms with Gasteiger partial charge >= 0.3 is 0 Å². The van der Waals surface area contributed by atoms with Crippen LogP contribution in [0.3, 0.4) is 0 Å². The summed E-state index contributed by atoms with van der Waals surface area (Å²) < 4.78 is 30.5. The number of carbonyl (C=O) groups excluding carboxylic acids is 1. The van der Waals surface area contributed by atoms with Gasteiger partial charge in [-0.1, -0.05) is 0 Å². The van der Waals surface area contributed by atoms with E-state index >= 15 is 4.39 Å². The molecule has 0 bridgehead atoms. The highest BCUT2D eigenvalue weighted by Gasteiger charge is 2.25. The molecule has 2 aromatic carbocycles. The predicted octanol–water partition coefficient (Wildman–Crippen LogP) is 5.06. The molecule has 0 radical (unpaired) electrons. The lowest BCUT2D eigenvalue weighted by atomic mass is 10.1. The first kappa shape index (κ1) is 17.6. The molecule has 1 aliphatic rings. The first-order chi connectivity index (χ1) is 12.5. The van der Waals surface area contributed by atoms with Crippen LogP contribution in [0.4, 0.5) is 20.2 Å². The minimum atomic E-state index is -0.654. The van der Waals surface area contributed by atoms with Crippen LogP contribution in [0.1, 0.15) is 23.2 Å². The summed E-state index contributed by atoms with van der Waals surface area (Å²) in [4.78, 5) is 16.6. The van der Waals surface area contributed by atoms with E-state index in [1.165, 1.54) is 29.0 Å². The summed E-state index contributed by atoms with van der Waals surface area (Å²) in [5, 5.41) is 5.59. The molecule has 1 amide bonds. The van der Waals surface area contributed by atoms with Gasteiger partial charge in [-0.3, -0.25) is 4.79 Å². The molecule has 1 heterocycles. The first-order valence-electron chi connectivity index (χ1n) is 8.09. The topological polar surface area (TPSA) is 54.0 Å². The van der Waals surface area contributed by atoms with E-state index in [9.17, 15) is 9.18 Å². The van der Waals surface area contributed by atoms with Crippen molar-refractivity contribution >= 4 is 61.4 Å². The number of carbonyl (C=O) groups is 1. The van der Waals surface area contributed by atoms with Gasteiger partial charge in [0.05, 0.1) is 27.1 Å². The Hall–Kier alpha value is -1.81. The van der Waals surface area contributed by atoms with Crippen LogP contribution in [0.15, 0.2) is 29.8 Å². The van der Waals surface area contributed by atoms with Crippen molar-refractivity contribution in [3.05, 3.63) is 50.5 Å². The number of thiazole rings is 1. The van der Waals surface area contributed by atoms with Crippen LogP contribution in [0.2, 0.25) is 0 Å². The lowest BCUT2D eigenvalue weighted by Gasteiger charge is -2.14. The second-order valence-corrected chi connectivity index (χ2v) is 8.35. The molecule has 0 unspecified atom stereocenters. The van der Waals surface area contributed by atoms with Crippen LogP contribution >= 0.6 is 33.9 Å². The quantitative estimate of drug-likeness (QED) is 0.497. The molecule has 4 rings (SSSR count). The van der Waals surface area contributed by atoms with Crippen LogP contribution in [0.5, 0.6) is 0 Å². The molecule has 1 aromatic heterocycles. The molecule has 0 atom stereocenters. The van der Waals surface area contributed by atoms with Crippen molar-refractivity contribution in [3.8, 4) is 0 Å². The van der Waals surface area contributed by atoms with E-state index in [1.807, 2.05) is 22.6 Å². The lowest BCUT2D eigenvalue weighted by molar-refractivity contribution is 0.0952. The van der Waals surface area contributed by atoms with Gasteiger partial charge in [0.2, 0.25) is 0 Å². The highest BCUT2D eigenvalue weighted by atomic mass is 127. The Morgan fingerprint density at radius 2 is 2.12 bits per heavy atom. The fourth-order valence-corrected chi connectivity index (χ4v) is 3.81. The van der Waals surface area contributed by atoms with E-state index < -0.39 is 11.6 Å². The Bertz CT molecular complexity index is 1000. The number of nitrogens with one attached hydrogen (secondary N) is 2. The second-order valence-electron chi connectivity index (χ2n) is 6.21. The smallest absolute Gasteiger partial charge is 0.253 e. The molecular weight excluding hydrogens is 471 g/mol. The molecule has 0 saturated heterocycles. The molecule has 1 saturated carbocycles. The zero-order valence-corrected chi connectivity index (χ0v) is 16.5. The van der Waals surface area contributed by atoms with Crippen LogP contribution in [0.25, 0.3) is 10.2 Å². The minimum Gasteiger partial charge on any atom is -0.352 e. The summed E-state index contributed by atoms with van der Waals surface area (Å²) in [7, 11) is 0. The average molecular weight is 485 g/mol. The summed E-state index contributed by atoms with van der Waals surface area (Å²) in [5.41, 5.74) is 1.89. The molecule has 134 valence electrons. The fourth-order valence-electron chi connectivity index (χ4n) is 2.64. The van der Waals surface area contributed by atoms with Crippen molar-refractivity contribution in [2.75, 3.05) is 11.9 Å². The number of hydrogen-bond acceptors (Lipinski definition) is 4. The van der Waals surface area contributed by atoms with Gasteiger partial charge in [-0.25, -0.2) is 13.8 Å². The van der Waals surface area contributed by atoms with Gasteiger partial charge in [0.15, 0.2) is 5.82 Å². The summed E-state index contributed by atoms with van der Waals surface area (Å²) in [6, 6.07) is 6.17. The maximum Gasteiger partial charge on any atom is 0.253 e. The Morgan fingerprint density at radius 1 is 1.31 bits per heavy atom. The zero-order chi connectivity index (χ0) is 18.3. The molecule has 3 aromatic rings. The van der Waals surface area contributed by atoms with Crippen molar-refractivity contribution in [2.24, 2.45) is 5.92 Å². The SMILES string of the molecule is O=C(NCC1CC1)c1cc2scnc2c(F)c1Nc1ccc(I)cc1F. The van der Waals surface area contributed by atoms with Crippen LogP contribution < -0.4 is 10.6 Å². The van der Waals surface area contributed by atoms with Crippen molar-refractivity contribution in [3.63, 3.8) is 0 Å². The number of aromatic nitrogens is 1. The van der Waals surface area contributed by atoms with Crippen LogP contribution in [0, 0.1) is 21.1 Å². The Kier molecular flexibility index (Phi) is 4.78. The van der Waals surface area contributed by atoms with Gasteiger partial charge < -0.3 is 10.6 Å². The Balaban J connectivity index is 1.75. The van der Waals surface area contributed by atoms with Crippen molar-refractivity contribution in [1.82, 2.24) is 10.3 Å². The molecule has 1 aliphatic carbocycles. The van der Waals surface area contributed by atoms with Gasteiger partial charge in [0, 0.05) is 10.1 Å². The van der Waals surface area contributed by atoms with E-state index in [0.717, 1.165) is 16.4 Å². The van der Waals surface area contributed by atoms with Gasteiger partial charge in [-0.05, 0) is 65.6 Å². The van der Waals surface area contributed by atoms with Gasteiger partial charge in [0.25, 0.3) is 5.91 Å². The highest BCUT2D eigenvalue weighted by Crippen LogP contribution is 2.34. The van der Waals surface area contributed by atoms with Gasteiger partial charge in [-0.2, -0.15) is 0 Å². The van der Waals surface area contributed by atoms with E-state index in [4.69, 9.17) is 0 Å². The summed E-state index contributed by atoms with van der Waals surface area (Å²) in [6.45, 7) is 0.568. The molecule has 8 heteroatoms. The summed E-state index contributed by atoms with van der Waals surface area (Å²) in [6.07, 6.45) is 2.20. The minimum absolute atomic E-state index is 0.0585. The fraction of sp³-hybridized carbons (Fsp3) is 0.222. The third-order valence-corrected chi connectivity index (χ3v) is 5.70. The van der Waals surface area contributed by atoms with E-state index in [-0.39, 0.29) is 28.4 Å². The molecule has 26 heavy (non-hydrogen) atoms. The Morgan fingerprint density at radius 3 is 2.85 bits per heavy atom. The highest BCUT2D eigenvalue weighted by molar-refractivity contribution is 14.1. The van der Waals surface area contributed by atoms with Crippen molar-refractivity contribution in [1.29, 1.82) is 0 Å². The Labute approximate surface area is 166 Å². The van der Waals surface area contributed by atoms with E-state index in [2.05, 4.69) is 15.6 Å². The number of rotatable bonds is 5. The number of anilines is 2. The lowest BCUT2D eigenvalue weighted by Crippen LogP contribution is -2.26. The van der Waals surface area contributed by atoms with Crippen molar-refractivity contribution in [2.45, 2.75) is 12.8 Å². The number of nitrogens with zero attached hydrogens (tertiary/aromatic N) is 1. The molecule has 2 N–H and O–H groups in total. The molecule has 1 fully saturated rings. The number of fused-ring (bicyclic) bond motifs is 1. The third-order valence-electron chi connectivity index (χ3n) is 4.25. The van der Waals surface area contributed by atoms with Crippen molar-refractivity contribution < 1.29 is 13.6 Å². The first-order valence-corrected chi connectivity index (χ1v) is 10.0. The van der Waals surface area contributed by atoms with Crippen LogP contribution in [-0.2, 0) is 0 Å². The predicted molar refractivity (Wildman–Crippen MR) is 107 cm³/mol. The van der Waals surface area contributed by atoms with Gasteiger partial charge in [0.1, 0.15) is 11.3 Å². The number of benzene rings is 2. The molecule has 0 aliphatic heterocycles.